The Kier molecular flexibility index (Phi) is 2.13. The highest BCUT2D eigenvalue weighted by molar-refractivity contribution is 6.33. The van der Waals surface area contributed by atoms with E-state index < -0.39 is 0 Å². The number of anilines is 1. The highest BCUT2D eigenvalue weighted by Gasteiger charge is 2.08. The number of nitrogen functional groups attached to an aromatic ring is 1. The van der Waals surface area contributed by atoms with Crippen molar-refractivity contribution in [1.29, 1.82) is 0 Å². The Bertz CT molecular complexity index is 467. The van der Waals surface area contributed by atoms with Gasteiger partial charge in [-0.3, -0.25) is 5.10 Å². The van der Waals surface area contributed by atoms with Crippen LogP contribution in [0.25, 0.3) is 11.1 Å². The zero-order chi connectivity index (χ0) is 10.1. The summed E-state index contributed by atoms with van der Waals surface area (Å²) in [4.78, 5) is 0. The maximum absolute atomic E-state index is 12.8. The van der Waals surface area contributed by atoms with Crippen molar-refractivity contribution in [3.63, 3.8) is 0 Å². The summed E-state index contributed by atoms with van der Waals surface area (Å²) in [6, 6.07) is 4.13. The van der Waals surface area contributed by atoms with Gasteiger partial charge in [0.1, 0.15) is 11.6 Å². The molecule has 0 saturated heterocycles. The Morgan fingerprint density at radius 2 is 2.14 bits per heavy atom. The van der Waals surface area contributed by atoms with Gasteiger partial charge in [-0.25, -0.2) is 4.39 Å². The zero-order valence-electron chi connectivity index (χ0n) is 7.09. The van der Waals surface area contributed by atoms with E-state index in [1.165, 1.54) is 12.1 Å². The van der Waals surface area contributed by atoms with E-state index in [1.54, 1.807) is 12.3 Å². The fourth-order valence-corrected chi connectivity index (χ4v) is 1.49. The van der Waals surface area contributed by atoms with Gasteiger partial charge in [-0.1, -0.05) is 11.6 Å². The molecule has 2 aromatic rings. The monoisotopic (exact) mass is 211 g/mol. The summed E-state index contributed by atoms with van der Waals surface area (Å²) in [5, 5.41) is 6.66. The molecular formula is C9H7ClFN3. The van der Waals surface area contributed by atoms with Crippen LogP contribution in [-0.2, 0) is 0 Å². The number of H-pyrrole nitrogens is 1. The van der Waals surface area contributed by atoms with Crippen molar-refractivity contribution in [1.82, 2.24) is 10.2 Å². The lowest BCUT2D eigenvalue weighted by molar-refractivity contribution is 0.628. The largest absolute Gasteiger partial charge is 0.384 e. The van der Waals surface area contributed by atoms with E-state index in [1.807, 2.05) is 0 Å². The summed E-state index contributed by atoms with van der Waals surface area (Å²) in [6.45, 7) is 0. The van der Waals surface area contributed by atoms with Crippen LogP contribution < -0.4 is 5.73 Å². The molecule has 1 aromatic heterocycles. The number of hydrogen-bond acceptors (Lipinski definition) is 2. The molecule has 5 heteroatoms. The van der Waals surface area contributed by atoms with Gasteiger partial charge in [-0.05, 0) is 18.2 Å². The number of nitrogens with one attached hydrogen (secondary N) is 1. The minimum atomic E-state index is -0.374. The average molecular weight is 212 g/mol. The van der Waals surface area contributed by atoms with Crippen LogP contribution in [0.3, 0.4) is 0 Å². The van der Waals surface area contributed by atoms with Gasteiger partial charge in [0.05, 0.1) is 11.2 Å². The fourth-order valence-electron chi connectivity index (χ4n) is 1.22. The van der Waals surface area contributed by atoms with E-state index in [0.29, 0.717) is 22.0 Å². The number of aromatic nitrogens is 2. The van der Waals surface area contributed by atoms with E-state index >= 15 is 0 Å². The van der Waals surface area contributed by atoms with Crippen LogP contribution in [0.4, 0.5) is 10.2 Å². The molecule has 0 amide bonds. The van der Waals surface area contributed by atoms with E-state index in [-0.39, 0.29) is 5.82 Å². The molecule has 72 valence electrons. The predicted octanol–water partition coefficient (Wildman–Crippen LogP) is 2.45. The SMILES string of the molecule is Nc1[nH]ncc1-c1ccc(F)cc1Cl. The van der Waals surface area contributed by atoms with Crippen LogP contribution in [0.15, 0.2) is 24.4 Å². The third kappa shape index (κ3) is 1.44. The van der Waals surface area contributed by atoms with Crippen molar-refractivity contribution >= 4 is 17.4 Å². The van der Waals surface area contributed by atoms with E-state index in [2.05, 4.69) is 10.2 Å². The number of halogens is 2. The van der Waals surface area contributed by atoms with Gasteiger partial charge in [0.15, 0.2) is 0 Å². The molecule has 1 heterocycles. The first-order chi connectivity index (χ1) is 6.68. The van der Waals surface area contributed by atoms with Gasteiger partial charge < -0.3 is 5.73 Å². The van der Waals surface area contributed by atoms with Crippen LogP contribution in [0, 0.1) is 5.82 Å². The minimum Gasteiger partial charge on any atom is -0.384 e. The van der Waals surface area contributed by atoms with Gasteiger partial charge >= 0.3 is 0 Å². The number of nitrogens with zero attached hydrogens (tertiary/aromatic N) is 1. The molecule has 0 spiro atoms. The lowest BCUT2D eigenvalue weighted by Crippen LogP contribution is -1.88. The van der Waals surface area contributed by atoms with E-state index in [0.717, 1.165) is 0 Å². The molecule has 0 aliphatic carbocycles. The molecule has 0 fully saturated rings. The molecule has 1 aromatic carbocycles. The summed E-state index contributed by atoms with van der Waals surface area (Å²) in [6.07, 6.45) is 1.55. The topological polar surface area (TPSA) is 54.7 Å². The van der Waals surface area contributed by atoms with Crippen LogP contribution in [0.2, 0.25) is 5.02 Å². The zero-order valence-corrected chi connectivity index (χ0v) is 7.85. The molecule has 0 saturated carbocycles. The van der Waals surface area contributed by atoms with Gasteiger partial charge in [0, 0.05) is 11.1 Å². The molecule has 0 radical (unpaired) electrons. The molecule has 14 heavy (non-hydrogen) atoms. The Morgan fingerprint density at radius 3 is 2.71 bits per heavy atom. The number of rotatable bonds is 1. The molecule has 0 aliphatic heterocycles. The van der Waals surface area contributed by atoms with Crippen molar-refractivity contribution in [2.24, 2.45) is 0 Å². The summed E-state index contributed by atoms with van der Waals surface area (Å²) < 4.78 is 12.8. The number of aromatic amines is 1. The highest BCUT2D eigenvalue weighted by atomic mass is 35.5. The first kappa shape index (κ1) is 9.02. The molecule has 0 unspecified atom stereocenters. The van der Waals surface area contributed by atoms with Crippen molar-refractivity contribution in [3.8, 4) is 11.1 Å². The summed E-state index contributed by atoms with van der Waals surface area (Å²) in [5.74, 6) is 0.0410. The highest BCUT2D eigenvalue weighted by Crippen LogP contribution is 2.30. The Balaban J connectivity index is 2.58. The summed E-state index contributed by atoms with van der Waals surface area (Å²) in [7, 11) is 0. The molecule has 2 rings (SSSR count). The lowest BCUT2D eigenvalue weighted by atomic mass is 10.1. The second kappa shape index (κ2) is 3.31. The van der Waals surface area contributed by atoms with Crippen molar-refractivity contribution in [3.05, 3.63) is 35.2 Å². The lowest BCUT2D eigenvalue weighted by Gasteiger charge is -2.01. The second-order valence-electron chi connectivity index (χ2n) is 2.82. The van der Waals surface area contributed by atoms with Gasteiger partial charge in [0.25, 0.3) is 0 Å². The Hall–Kier alpha value is -1.55. The Morgan fingerprint density at radius 1 is 1.36 bits per heavy atom. The van der Waals surface area contributed by atoms with Crippen molar-refractivity contribution in [2.75, 3.05) is 5.73 Å². The third-order valence-corrected chi connectivity index (χ3v) is 2.20. The summed E-state index contributed by atoms with van der Waals surface area (Å²) in [5.41, 5.74) is 6.95. The van der Waals surface area contributed by atoms with Crippen molar-refractivity contribution < 1.29 is 4.39 Å². The maximum Gasteiger partial charge on any atom is 0.126 e. The normalized spacial score (nSPS) is 10.4. The Labute approximate surface area is 84.7 Å². The first-order valence-corrected chi connectivity index (χ1v) is 4.30. The smallest absolute Gasteiger partial charge is 0.126 e. The minimum absolute atomic E-state index is 0.318. The van der Waals surface area contributed by atoms with E-state index in [4.69, 9.17) is 17.3 Å². The van der Waals surface area contributed by atoms with Crippen LogP contribution in [-0.4, -0.2) is 10.2 Å². The molecular weight excluding hydrogens is 205 g/mol. The molecule has 0 aliphatic rings. The summed E-state index contributed by atoms with van der Waals surface area (Å²) >= 11 is 5.86. The predicted molar refractivity (Wildman–Crippen MR) is 53.4 cm³/mol. The maximum atomic E-state index is 12.8. The fraction of sp³-hybridized carbons (Fsp3) is 0. The second-order valence-corrected chi connectivity index (χ2v) is 3.23. The molecule has 3 nitrogen and oxygen atoms in total. The molecule has 0 atom stereocenters. The van der Waals surface area contributed by atoms with E-state index in [9.17, 15) is 4.39 Å². The van der Waals surface area contributed by atoms with Gasteiger partial charge in [-0.15, -0.1) is 0 Å². The van der Waals surface area contributed by atoms with Gasteiger partial charge in [-0.2, -0.15) is 5.10 Å². The molecule has 3 N–H and O–H groups in total. The third-order valence-electron chi connectivity index (χ3n) is 1.89. The van der Waals surface area contributed by atoms with Crippen molar-refractivity contribution in [2.45, 2.75) is 0 Å². The average Bonchev–Trinajstić information content (AvgIpc) is 2.52. The first-order valence-electron chi connectivity index (χ1n) is 3.93. The molecule has 0 bridgehead atoms. The van der Waals surface area contributed by atoms with Crippen LogP contribution >= 0.6 is 11.6 Å². The quantitative estimate of drug-likeness (QED) is 0.761. The number of benzene rings is 1. The number of nitrogens with two attached hydrogens (primary N) is 1. The van der Waals surface area contributed by atoms with Crippen LogP contribution in [0.5, 0.6) is 0 Å². The van der Waals surface area contributed by atoms with Gasteiger partial charge in [0.2, 0.25) is 0 Å². The van der Waals surface area contributed by atoms with Crippen LogP contribution in [0.1, 0.15) is 0 Å². The number of hydrogen-bond donors (Lipinski definition) is 2. The standard InChI is InChI=1S/C9H7ClFN3/c10-8-3-5(11)1-2-6(8)7-4-13-14-9(7)12/h1-4H,(H3,12,13,14).